The van der Waals surface area contributed by atoms with Crippen molar-refractivity contribution in [1.82, 2.24) is 14.9 Å². The van der Waals surface area contributed by atoms with E-state index in [2.05, 4.69) is 22.4 Å². The van der Waals surface area contributed by atoms with Crippen molar-refractivity contribution in [3.05, 3.63) is 54.1 Å². The maximum absolute atomic E-state index is 12.3. The van der Waals surface area contributed by atoms with Crippen molar-refractivity contribution in [2.24, 2.45) is 0 Å². The number of hydrogen-bond acceptors (Lipinski definition) is 6. The Bertz CT molecular complexity index is 940. The normalized spacial score (nSPS) is 10.6. The monoisotopic (exact) mass is 397 g/mol. The molecular weight excluding hydrogens is 374 g/mol. The topological polar surface area (TPSA) is 95.1 Å². The van der Waals surface area contributed by atoms with Gasteiger partial charge in [-0.15, -0.1) is 10.2 Å². The molecule has 0 radical (unpaired) electrons. The zero-order valence-corrected chi connectivity index (χ0v) is 16.7. The van der Waals surface area contributed by atoms with E-state index in [0.717, 1.165) is 29.0 Å². The Hall–Kier alpha value is -3.00. The molecule has 0 spiro atoms. The number of para-hydroxylation sites is 1. The third kappa shape index (κ3) is 4.64. The lowest BCUT2D eigenvalue weighted by atomic mass is 10.1. The molecule has 0 aliphatic carbocycles. The van der Waals surface area contributed by atoms with Gasteiger partial charge in [0.2, 0.25) is 11.1 Å². The number of amides is 1. The van der Waals surface area contributed by atoms with E-state index in [1.54, 1.807) is 0 Å². The second-order valence-electron chi connectivity index (χ2n) is 5.98. The van der Waals surface area contributed by atoms with E-state index in [9.17, 15) is 4.79 Å². The van der Waals surface area contributed by atoms with Gasteiger partial charge < -0.3 is 15.9 Å². The molecule has 8 heteroatoms. The second kappa shape index (κ2) is 9.27. The number of hydrogen-bond donors (Lipinski definition) is 2. The van der Waals surface area contributed by atoms with E-state index in [-0.39, 0.29) is 11.7 Å². The SMILES string of the molecule is CCOc1ccc(-c2nnc(SCC(=O)Nc3ccccc3CC)n2N)cc1. The fourth-order valence-corrected chi connectivity index (χ4v) is 3.36. The van der Waals surface area contributed by atoms with Crippen LogP contribution in [-0.2, 0) is 11.2 Å². The maximum atomic E-state index is 12.3. The second-order valence-corrected chi connectivity index (χ2v) is 6.92. The molecule has 3 N–H and O–H groups in total. The Balaban J connectivity index is 1.63. The number of benzene rings is 2. The molecule has 0 aliphatic heterocycles. The van der Waals surface area contributed by atoms with Gasteiger partial charge >= 0.3 is 0 Å². The van der Waals surface area contributed by atoms with Crippen LogP contribution in [0, 0.1) is 0 Å². The first kappa shape index (κ1) is 19.8. The van der Waals surface area contributed by atoms with E-state index in [0.29, 0.717) is 17.6 Å². The zero-order valence-electron chi connectivity index (χ0n) is 15.9. The van der Waals surface area contributed by atoms with Crippen LogP contribution in [0.4, 0.5) is 5.69 Å². The van der Waals surface area contributed by atoms with Crippen molar-refractivity contribution in [2.75, 3.05) is 23.5 Å². The molecule has 0 saturated carbocycles. The number of carbonyl (C=O) groups is 1. The van der Waals surface area contributed by atoms with Gasteiger partial charge in [0.25, 0.3) is 0 Å². The molecule has 7 nitrogen and oxygen atoms in total. The van der Waals surface area contributed by atoms with E-state index in [4.69, 9.17) is 10.6 Å². The highest BCUT2D eigenvalue weighted by Gasteiger charge is 2.14. The predicted octanol–water partition coefficient (Wildman–Crippen LogP) is 3.35. The number of nitrogens with two attached hydrogens (primary N) is 1. The lowest BCUT2D eigenvalue weighted by Crippen LogP contribution is -2.17. The number of rotatable bonds is 8. The van der Waals surface area contributed by atoms with Crippen molar-refractivity contribution in [3.63, 3.8) is 0 Å². The lowest BCUT2D eigenvalue weighted by molar-refractivity contribution is -0.113. The number of anilines is 1. The molecule has 1 amide bonds. The van der Waals surface area contributed by atoms with Crippen LogP contribution in [0.2, 0.25) is 0 Å². The minimum absolute atomic E-state index is 0.114. The molecule has 28 heavy (non-hydrogen) atoms. The third-order valence-corrected chi connectivity index (χ3v) is 5.04. The van der Waals surface area contributed by atoms with E-state index in [1.807, 2.05) is 55.5 Å². The zero-order chi connectivity index (χ0) is 19.9. The molecule has 0 bridgehead atoms. The standard InChI is InChI=1S/C20H23N5O2S/c1-3-14-7-5-6-8-17(14)22-18(26)13-28-20-24-23-19(25(20)21)15-9-11-16(12-10-15)27-4-2/h5-12H,3-4,13,21H2,1-2H3,(H,22,26). The van der Waals surface area contributed by atoms with Crippen LogP contribution in [0.3, 0.4) is 0 Å². The van der Waals surface area contributed by atoms with Crippen LogP contribution in [-0.4, -0.2) is 33.1 Å². The molecule has 0 fully saturated rings. The molecule has 2 aromatic carbocycles. The first-order chi connectivity index (χ1) is 13.6. The highest BCUT2D eigenvalue weighted by atomic mass is 32.2. The molecule has 1 aromatic heterocycles. The summed E-state index contributed by atoms with van der Waals surface area (Å²) >= 11 is 1.24. The van der Waals surface area contributed by atoms with Crippen molar-refractivity contribution in [1.29, 1.82) is 0 Å². The van der Waals surface area contributed by atoms with Gasteiger partial charge in [0, 0.05) is 11.3 Å². The van der Waals surface area contributed by atoms with Crippen LogP contribution >= 0.6 is 11.8 Å². The molecular formula is C20H23N5O2S. The first-order valence-corrected chi connectivity index (χ1v) is 10.0. The Morgan fingerprint density at radius 1 is 1.14 bits per heavy atom. The number of nitrogens with one attached hydrogen (secondary N) is 1. The summed E-state index contributed by atoms with van der Waals surface area (Å²) in [5.74, 6) is 7.52. The predicted molar refractivity (Wildman–Crippen MR) is 112 cm³/mol. The maximum Gasteiger partial charge on any atom is 0.234 e. The van der Waals surface area contributed by atoms with Crippen LogP contribution < -0.4 is 15.9 Å². The summed E-state index contributed by atoms with van der Waals surface area (Å²) < 4.78 is 6.84. The number of carbonyl (C=O) groups excluding carboxylic acids is 1. The quantitative estimate of drug-likeness (QED) is 0.447. The molecule has 3 rings (SSSR count). The highest BCUT2D eigenvalue weighted by Crippen LogP contribution is 2.24. The molecule has 0 saturated heterocycles. The van der Waals surface area contributed by atoms with Crippen LogP contribution in [0.1, 0.15) is 19.4 Å². The number of nitrogens with zero attached hydrogens (tertiary/aromatic N) is 3. The fraction of sp³-hybridized carbons (Fsp3) is 0.250. The Morgan fingerprint density at radius 3 is 2.61 bits per heavy atom. The number of thioether (sulfide) groups is 1. The van der Waals surface area contributed by atoms with Crippen molar-refractivity contribution in [3.8, 4) is 17.1 Å². The largest absolute Gasteiger partial charge is 0.494 e. The van der Waals surface area contributed by atoms with Gasteiger partial charge in [-0.05, 0) is 49.2 Å². The summed E-state index contributed by atoms with van der Waals surface area (Å²) in [4.78, 5) is 12.3. The minimum atomic E-state index is -0.114. The molecule has 146 valence electrons. The minimum Gasteiger partial charge on any atom is -0.494 e. The van der Waals surface area contributed by atoms with E-state index < -0.39 is 0 Å². The van der Waals surface area contributed by atoms with Crippen molar-refractivity contribution >= 4 is 23.4 Å². The summed E-state index contributed by atoms with van der Waals surface area (Å²) in [7, 11) is 0. The van der Waals surface area contributed by atoms with Gasteiger partial charge in [-0.1, -0.05) is 36.9 Å². The molecule has 0 atom stereocenters. The highest BCUT2D eigenvalue weighted by molar-refractivity contribution is 7.99. The Labute approximate surface area is 168 Å². The molecule has 0 unspecified atom stereocenters. The van der Waals surface area contributed by atoms with Crippen molar-refractivity contribution < 1.29 is 9.53 Å². The average Bonchev–Trinajstić information content (AvgIpc) is 3.08. The van der Waals surface area contributed by atoms with Crippen LogP contribution in [0.25, 0.3) is 11.4 Å². The first-order valence-electron chi connectivity index (χ1n) is 9.06. The van der Waals surface area contributed by atoms with Gasteiger partial charge in [-0.25, -0.2) is 4.68 Å². The average molecular weight is 398 g/mol. The number of nitrogen functional groups attached to an aromatic ring is 1. The Morgan fingerprint density at radius 2 is 1.89 bits per heavy atom. The van der Waals surface area contributed by atoms with Gasteiger partial charge in [-0.3, -0.25) is 4.79 Å². The fourth-order valence-electron chi connectivity index (χ4n) is 2.71. The molecule has 0 aliphatic rings. The number of aryl methyl sites for hydroxylation is 1. The van der Waals surface area contributed by atoms with Gasteiger partial charge in [0.1, 0.15) is 5.75 Å². The molecule has 1 heterocycles. The van der Waals surface area contributed by atoms with Crippen LogP contribution in [0.5, 0.6) is 5.75 Å². The summed E-state index contributed by atoms with van der Waals surface area (Å²) in [5.41, 5.74) is 2.76. The van der Waals surface area contributed by atoms with E-state index >= 15 is 0 Å². The smallest absolute Gasteiger partial charge is 0.234 e. The van der Waals surface area contributed by atoms with Gasteiger partial charge in [-0.2, -0.15) is 0 Å². The Kier molecular flexibility index (Phi) is 6.54. The summed E-state index contributed by atoms with van der Waals surface area (Å²) in [6.07, 6.45) is 0.853. The summed E-state index contributed by atoms with van der Waals surface area (Å²) in [6, 6.07) is 15.2. The molecule has 3 aromatic rings. The number of ether oxygens (including phenoxy) is 1. The van der Waals surface area contributed by atoms with E-state index in [1.165, 1.54) is 16.4 Å². The third-order valence-electron chi connectivity index (χ3n) is 4.09. The van der Waals surface area contributed by atoms with Gasteiger partial charge in [0.15, 0.2) is 5.82 Å². The van der Waals surface area contributed by atoms with Crippen LogP contribution in [0.15, 0.2) is 53.7 Å². The lowest BCUT2D eigenvalue weighted by Gasteiger charge is -2.09. The van der Waals surface area contributed by atoms with Gasteiger partial charge in [0.05, 0.1) is 12.4 Å². The number of aromatic nitrogens is 3. The summed E-state index contributed by atoms with van der Waals surface area (Å²) in [6.45, 7) is 4.60. The van der Waals surface area contributed by atoms with Crippen molar-refractivity contribution in [2.45, 2.75) is 25.4 Å². The summed E-state index contributed by atoms with van der Waals surface area (Å²) in [5, 5.41) is 11.7.